The summed E-state index contributed by atoms with van der Waals surface area (Å²) in [5.74, 6) is -0.375. The van der Waals surface area contributed by atoms with Gasteiger partial charge in [0.2, 0.25) is 5.91 Å². The van der Waals surface area contributed by atoms with E-state index < -0.39 is 11.7 Å². The average molecular weight is 300 g/mol. The third kappa shape index (κ3) is 3.68. The number of anilines is 2. The van der Waals surface area contributed by atoms with E-state index in [1.807, 2.05) is 6.92 Å². The molecule has 1 atom stereocenters. The molecule has 2 rings (SSSR count). The highest BCUT2D eigenvalue weighted by Gasteiger charge is 2.32. The Kier molecular flexibility index (Phi) is 4.44. The molecule has 1 fully saturated rings. The van der Waals surface area contributed by atoms with Gasteiger partial charge < -0.3 is 10.2 Å². The molecule has 1 saturated heterocycles. The Hall–Kier alpha value is -1.72. The van der Waals surface area contributed by atoms with Gasteiger partial charge in [0.05, 0.1) is 16.9 Å². The number of hydrogen-bond donors (Lipinski definition) is 1. The van der Waals surface area contributed by atoms with E-state index in [9.17, 15) is 18.0 Å². The monoisotopic (exact) mass is 300 g/mol. The predicted molar refractivity (Wildman–Crippen MR) is 76.4 cm³/mol. The van der Waals surface area contributed by atoms with Crippen molar-refractivity contribution in [2.75, 3.05) is 16.8 Å². The van der Waals surface area contributed by atoms with E-state index in [1.165, 1.54) is 13.0 Å². The first-order valence-electron chi connectivity index (χ1n) is 7.04. The molecule has 1 aromatic rings. The average Bonchev–Trinajstić information content (AvgIpc) is 2.38. The number of halogens is 3. The van der Waals surface area contributed by atoms with Crippen LogP contribution in [0.15, 0.2) is 18.2 Å². The van der Waals surface area contributed by atoms with Crippen molar-refractivity contribution < 1.29 is 18.0 Å². The van der Waals surface area contributed by atoms with Crippen molar-refractivity contribution in [3.63, 3.8) is 0 Å². The first-order chi connectivity index (χ1) is 9.79. The Morgan fingerprint density at radius 2 is 2.05 bits per heavy atom. The van der Waals surface area contributed by atoms with Crippen molar-refractivity contribution in [1.82, 2.24) is 0 Å². The Balaban J connectivity index is 2.41. The number of nitrogens with zero attached hydrogens (tertiary/aromatic N) is 1. The van der Waals surface area contributed by atoms with Crippen molar-refractivity contribution in [2.45, 2.75) is 45.3 Å². The van der Waals surface area contributed by atoms with Crippen LogP contribution in [0.1, 0.15) is 38.7 Å². The van der Waals surface area contributed by atoms with E-state index in [0.717, 1.165) is 37.9 Å². The van der Waals surface area contributed by atoms with Crippen LogP contribution in [0.3, 0.4) is 0 Å². The van der Waals surface area contributed by atoms with Crippen molar-refractivity contribution >= 4 is 17.3 Å². The van der Waals surface area contributed by atoms with Gasteiger partial charge in [-0.15, -0.1) is 0 Å². The quantitative estimate of drug-likeness (QED) is 0.894. The second kappa shape index (κ2) is 5.95. The van der Waals surface area contributed by atoms with E-state index in [-0.39, 0.29) is 17.6 Å². The molecule has 6 heteroatoms. The first kappa shape index (κ1) is 15.7. The number of amides is 1. The zero-order valence-corrected chi connectivity index (χ0v) is 12.1. The summed E-state index contributed by atoms with van der Waals surface area (Å²) in [6.45, 7) is 4.14. The highest BCUT2D eigenvalue weighted by atomic mass is 19.4. The Morgan fingerprint density at radius 3 is 2.62 bits per heavy atom. The van der Waals surface area contributed by atoms with Gasteiger partial charge in [-0.1, -0.05) is 0 Å². The molecule has 116 valence electrons. The van der Waals surface area contributed by atoms with Gasteiger partial charge in [-0.25, -0.2) is 0 Å². The molecule has 0 radical (unpaired) electrons. The highest BCUT2D eigenvalue weighted by molar-refractivity contribution is 5.93. The van der Waals surface area contributed by atoms with Crippen molar-refractivity contribution in [2.24, 2.45) is 0 Å². The largest absolute Gasteiger partial charge is 0.416 e. The molecule has 0 bridgehead atoms. The van der Waals surface area contributed by atoms with Gasteiger partial charge in [0.1, 0.15) is 0 Å². The fourth-order valence-electron chi connectivity index (χ4n) is 2.71. The summed E-state index contributed by atoms with van der Waals surface area (Å²) in [5.41, 5.74) is 0.135. The molecule has 1 heterocycles. The zero-order chi connectivity index (χ0) is 15.6. The van der Waals surface area contributed by atoms with Gasteiger partial charge in [0.15, 0.2) is 0 Å². The van der Waals surface area contributed by atoms with Gasteiger partial charge in [0, 0.05) is 19.5 Å². The maximum absolute atomic E-state index is 12.8. The van der Waals surface area contributed by atoms with Crippen molar-refractivity contribution in [3.8, 4) is 0 Å². The molecule has 1 N–H and O–H groups in total. The van der Waals surface area contributed by atoms with E-state index in [0.29, 0.717) is 5.69 Å². The minimum atomic E-state index is -4.42. The molecule has 0 spiro atoms. The molecular weight excluding hydrogens is 281 g/mol. The van der Waals surface area contributed by atoms with Crippen LogP contribution in [-0.2, 0) is 11.0 Å². The number of carbonyl (C=O) groups is 1. The summed E-state index contributed by atoms with van der Waals surface area (Å²) in [5, 5.41) is 2.52. The van der Waals surface area contributed by atoms with E-state index in [2.05, 4.69) is 10.2 Å². The number of carbonyl (C=O) groups excluding carboxylic acids is 1. The summed E-state index contributed by atoms with van der Waals surface area (Å²) in [6.07, 6.45) is -1.29. The van der Waals surface area contributed by atoms with Crippen LogP contribution in [-0.4, -0.2) is 18.5 Å². The summed E-state index contributed by atoms with van der Waals surface area (Å²) >= 11 is 0. The Labute approximate surface area is 122 Å². The number of piperidine rings is 1. The van der Waals surface area contributed by atoms with E-state index >= 15 is 0 Å². The minimum Gasteiger partial charge on any atom is -0.367 e. The van der Waals surface area contributed by atoms with Crippen LogP contribution in [0, 0.1) is 0 Å². The third-order valence-electron chi connectivity index (χ3n) is 3.75. The molecule has 0 saturated carbocycles. The number of alkyl halides is 3. The maximum atomic E-state index is 12.8. The topological polar surface area (TPSA) is 32.3 Å². The molecule has 1 aliphatic heterocycles. The molecule has 1 amide bonds. The van der Waals surface area contributed by atoms with Gasteiger partial charge in [-0.05, 0) is 44.4 Å². The smallest absolute Gasteiger partial charge is 0.367 e. The van der Waals surface area contributed by atoms with Gasteiger partial charge in [0.25, 0.3) is 0 Å². The minimum absolute atomic E-state index is 0.228. The van der Waals surface area contributed by atoms with Crippen LogP contribution < -0.4 is 10.2 Å². The van der Waals surface area contributed by atoms with Crippen LogP contribution in [0.5, 0.6) is 0 Å². The summed E-state index contributed by atoms with van der Waals surface area (Å²) in [7, 11) is 0. The molecular formula is C15H19F3N2O. The van der Waals surface area contributed by atoms with Gasteiger partial charge in [-0.3, -0.25) is 4.79 Å². The van der Waals surface area contributed by atoms with Gasteiger partial charge in [-0.2, -0.15) is 13.2 Å². The molecule has 1 aliphatic rings. The third-order valence-corrected chi connectivity index (χ3v) is 3.75. The lowest BCUT2D eigenvalue weighted by Crippen LogP contribution is -2.38. The fourth-order valence-corrected chi connectivity index (χ4v) is 2.71. The summed E-state index contributed by atoms with van der Waals surface area (Å²) in [6, 6.07) is 3.79. The second-order valence-corrected chi connectivity index (χ2v) is 5.45. The molecule has 1 aromatic carbocycles. The highest BCUT2D eigenvalue weighted by Crippen LogP contribution is 2.37. The zero-order valence-electron chi connectivity index (χ0n) is 12.1. The molecule has 3 nitrogen and oxygen atoms in total. The standard InChI is InChI=1S/C15H19F3N2O/c1-10-5-3-4-8-20(10)14-7-6-12(15(16,17)18)9-13(14)19-11(2)21/h6-7,9-10H,3-5,8H2,1-2H3,(H,19,21). The fraction of sp³-hybridized carbons (Fsp3) is 0.533. The van der Waals surface area contributed by atoms with Crippen molar-refractivity contribution in [3.05, 3.63) is 23.8 Å². The lowest BCUT2D eigenvalue weighted by Gasteiger charge is -2.36. The first-order valence-corrected chi connectivity index (χ1v) is 7.04. The molecule has 1 unspecified atom stereocenters. The SMILES string of the molecule is CC(=O)Nc1cc(C(F)(F)F)ccc1N1CCCCC1C. The van der Waals surface area contributed by atoms with Crippen molar-refractivity contribution in [1.29, 1.82) is 0 Å². The number of nitrogens with one attached hydrogen (secondary N) is 1. The van der Waals surface area contributed by atoms with Crippen LogP contribution >= 0.6 is 0 Å². The summed E-state index contributed by atoms with van der Waals surface area (Å²) < 4.78 is 38.5. The number of benzene rings is 1. The molecule has 21 heavy (non-hydrogen) atoms. The lowest BCUT2D eigenvalue weighted by atomic mass is 10.0. The maximum Gasteiger partial charge on any atom is 0.416 e. The van der Waals surface area contributed by atoms with Crippen LogP contribution in [0.2, 0.25) is 0 Å². The summed E-state index contributed by atoms with van der Waals surface area (Å²) in [4.78, 5) is 13.3. The Morgan fingerprint density at radius 1 is 1.33 bits per heavy atom. The normalized spacial score (nSPS) is 19.5. The molecule has 0 aromatic heterocycles. The van der Waals surface area contributed by atoms with Crippen LogP contribution in [0.4, 0.5) is 24.5 Å². The second-order valence-electron chi connectivity index (χ2n) is 5.45. The lowest BCUT2D eigenvalue weighted by molar-refractivity contribution is -0.137. The Bertz CT molecular complexity index is 528. The van der Waals surface area contributed by atoms with Gasteiger partial charge >= 0.3 is 6.18 Å². The number of rotatable bonds is 2. The predicted octanol–water partition coefficient (Wildman–Crippen LogP) is 4.04. The van der Waals surface area contributed by atoms with E-state index in [1.54, 1.807) is 0 Å². The molecule has 0 aliphatic carbocycles. The van der Waals surface area contributed by atoms with Crippen LogP contribution in [0.25, 0.3) is 0 Å². The van der Waals surface area contributed by atoms with E-state index in [4.69, 9.17) is 0 Å². The number of hydrogen-bond acceptors (Lipinski definition) is 2.